The molecule has 0 spiro atoms. The van der Waals surface area contributed by atoms with Crippen molar-refractivity contribution >= 4 is 0 Å². The maximum atomic E-state index is 2.38. The predicted molar refractivity (Wildman–Crippen MR) is 115 cm³/mol. The van der Waals surface area contributed by atoms with Gasteiger partial charge in [0.1, 0.15) is 12.4 Å². The van der Waals surface area contributed by atoms with Crippen molar-refractivity contribution in [3.8, 4) is 0 Å². The Labute approximate surface area is 164 Å². The van der Waals surface area contributed by atoms with E-state index < -0.39 is 0 Å². The Hall–Kier alpha value is -0.790. The summed E-state index contributed by atoms with van der Waals surface area (Å²) in [4.78, 5) is 0. The highest BCUT2D eigenvalue weighted by molar-refractivity contribution is 4.78. The summed E-state index contributed by atoms with van der Waals surface area (Å²) in [5.41, 5.74) is 0. The average molecular weight is 364 g/mol. The van der Waals surface area contributed by atoms with Gasteiger partial charge in [-0.15, -0.1) is 0 Å². The molecule has 1 aromatic heterocycles. The second kappa shape index (κ2) is 16.4. The van der Waals surface area contributed by atoms with Crippen molar-refractivity contribution < 1.29 is 4.57 Å². The fourth-order valence-corrected chi connectivity index (χ4v) is 3.84. The highest BCUT2D eigenvalue weighted by atomic mass is 15.1. The van der Waals surface area contributed by atoms with E-state index in [-0.39, 0.29) is 0 Å². The normalized spacial score (nSPS) is 11.3. The van der Waals surface area contributed by atoms with Gasteiger partial charge >= 0.3 is 0 Å². The summed E-state index contributed by atoms with van der Waals surface area (Å²) < 4.78 is 4.58. The largest absolute Gasteiger partial charge is 0.253 e. The highest BCUT2D eigenvalue weighted by Crippen LogP contribution is 2.14. The molecule has 2 heteroatoms. The first-order chi connectivity index (χ1) is 12.8. The minimum atomic E-state index is 1.19. The van der Waals surface area contributed by atoms with Crippen LogP contribution in [0.25, 0.3) is 0 Å². The van der Waals surface area contributed by atoms with Crippen molar-refractivity contribution in [3.05, 3.63) is 18.2 Å². The molecule has 0 amide bonds. The summed E-state index contributed by atoms with van der Waals surface area (Å²) in [7, 11) is 2.13. The van der Waals surface area contributed by atoms with Crippen molar-refractivity contribution in [1.82, 2.24) is 4.57 Å². The maximum absolute atomic E-state index is 2.38. The smallest absolute Gasteiger partial charge is 0.237 e. The molecule has 0 atom stereocenters. The molecule has 0 saturated heterocycles. The third-order valence-electron chi connectivity index (χ3n) is 5.90. The van der Waals surface area contributed by atoms with E-state index in [4.69, 9.17) is 0 Å². The van der Waals surface area contributed by atoms with Gasteiger partial charge in [0.15, 0.2) is 0 Å². The van der Waals surface area contributed by atoms with Crippen molar-refractivity contribution in [3.63, 3.8) is 0 Å². The van der Waals surface area contributed by atoms with E-state index >= 15 is 0 Å². The van der Waals surface area contributed by atoms with Crippen LogP contribution in [0.15, 0.2) is 12.4 Å². The maximum Gasteiger partial charge on any atom is 0.253 e. The molecule has 1 rings (SSSR count). The van der Waals surface area contributed by atoms with Crippen LogP contribution in [-0.2, 0) is 13.6 Å². The van der Waals surface area contributed by atoms with Crippen LogP contribution in [0.1, 0.15) is 122 Å². The lowest BCUT2D eigenvalue weighted by Gasteiger charge is -2.04. The zero-order chi connectivity index (χ0) is 18.9. The van der Waals surface area contributed by atoms with Crippen LogP contribution in [0.5, 0.6) is 0 Å². The molecule has 0 fully saturated rings. The van der Waals surface area contributed by atoms with E-state index in [1.54, 1.807) is 0 Å². The Bertz CT molecular complexity index is 422. The highest BCUT2D eigenvalue weighted by Gasteiger charge is 2.07. The molecule has 0 aliphatic carbocycles. The molecule has 1 heterocycles. The third-order valence-corrected chi connectivity index (χ3v) is 5.90. The zero-order valence-corrected chi connectivity index (χ0v) is 18.3. The SMILES string of the molecule is CCCCCCCCCCCCCCCCCCCn1cc[n+](C)c1C. The molecule has 152 valence electrons. The summed E-state index contributed by atoms with van der Waals surface area (Å²) in [6, 6.07) is 0. The predicted octanol–water partition coefficient (Wildman–Crippen LogP) is 7.27. The lowest BCUT2D eigenvalue weighted by molar-refractivity contribution is -0.677. The van der Waals surface area contributed by atoms with Crippen LogP contribution in [0.3, 0.4) is 0 Å². The van der Waals surface area contributed by atoms with Crippen LogP contribution in [0.4, 0.5) is 0 Å². The van der Waals surface area contributed by atoms with Gasteiger partial charge in [0.05, 0.1) is 13.6 Å². The Kier molecular flexibility index (Phi) is 14.7. The van der Waals surface area contributed by atoms with Gasteiger partial charge in [0, 0.05) is 6.92 Å². The quantitative estimate of drug-likeness (QED) is 0.191. The van der Waals surface area contributed by atoms with Gasteiger partial charge in [-0.05, 0) is 12.8 Å². The monoisotopic (exact) mass is 363 g/mol. The molecule has 0 radical (unpaired) electrons. The molecule has 0 aliphatic heterocycles. The van der Waals surface area contributed by atoms with E-state index in [1.807, 2.05) is 0 Å². The van der Waals surface area contributed by atoms with Crippen molar-refractivity contribution in [2.75, 3.05) is 0 Å². The number of hydrogen-bond donors (Lipinski definition) is 0. The Morgan fingerprint density at radius 3 is 1.38 bits per heavy atom. The minimum Gasteiger partial charge on any atom is -0.237 e. The van der Waals surface area contributed by atoms with Crippen LogP contribution in [0, 0.1) is 6.92 Å². The lowest BCUT2D eigenvalue weighted by Crippen LogP contribution is -2.29. The van der Waals surface area contributed by atoms with E-state index in [9.17, 15) is 0 Å². The molecular weight excluding hydrogens is 316 g/mol. The van der Waals surface area contributed by atoms with E-state index in [2.05, 4.69) is 42.4 Å². The lowest BCUT2D eigenvalue weighted by atomic mass is 10.0. The fraction of sp³-hybridized carbons (Fsp3) is 0.875. The van der Waals surface area contributed by atoms with Crippen molar-refractivity contribution in [1.29, 1.82) is 0 Å². The average Bonchev–Trinajstić information content (AvgIpc) is 2.96. The van der Waals surface area contributed by atoms with Gasteiger partial charge in [0.2, 0.25) is 0 Å². The van der Waals surface area contributed by atoms with Crippen LogP contribution < -0.4 is 4.57 Å². The third kappa shape index (κ3) is 11.8. The van der Waals surface area contributed by atoms with Crippen LogP contribution in [-0.4, -0.2) is 4.57 Å². The summed E-state index contributed by atoms with van der Waals surface area (Å²) in [6.45, 7) is 5.69. The summed E-state index contributed by atoms with van der Waals surface area (Å²) in [6.07, 6.45) is 28.9. The standard InChI is InChI=1S/C24H47N2/c1-4-5-6-7-8-9-10-11-12-13-14-15-16-17-18-19-20-21-26-23-22-25(3)24(26)2/h22-23H,4-21H2,1-3H3/q+1. The molecule has 2 nitrogen and oxygen atoms in total. The molecule has 0 aliphatic rings. The molecule has 0 unspecified atom stereocenters. The molecule has 26 heavy (non-hydrogen) atoms. The van der Waals surface area contributed by atoms with Gasteiger partial charge in [-0.25, -0.2) is 9.13 Å². The van der Waals surface area contributed by atoms with Crippen molar-refractivity contribution in [2.24, 2.45) is 7.05 Å². The number of nitrogens with zero attached hydrogens (tertiary/aromatic N) is 2. The van der Waals surface area contributed by atoms with Crippen LogP contribution in [0.2, 0.25) is 0 Å². The van der Waals surface area contributed by atoms with Gasteiger partial charge in [-0.2, -0.15) is 0 Å². The topological polar surface area (TPSA) is 8.81 Å². The van der Waals surface area contributed by atoms with E-state index in [0.29, 0.717) is 0 Å². The zero-order valence-electron chi connectivity index (χ0n) is 18.3. The number of aromatic nitrogens is 2. The number of unbranched alkanes of at least 4 members (excludes halogenated alkanes) is 16. The first kappa shape index (κ1) is 23.2. The number of aryl methyl sites for hydroxylation is 2. The molecule has 0 aromatic carbocycles. The fourth-order valence-electron chi connectivity index (χ4n) is 3.84. The second-order valence-electron chi connectivity index (χ2n) is 8.31. The van der Waals surface area contributed by atoms with E-state index in [1.165, 1.54) is 122 Å². The van der Waals surface area contributed by atoms with Gasteiger partial charge in [-0.1, -0.05) is 103 Å². The van der Waals surface area contributed by atoms with Gasteiger partial charge in [-0.3, -0.25) is 0 Å². The van der Waals surface area contributed by atoms with E-state index in [0.717, 1.165) is 0 Å². The summed E-state index contributed by atoms with van der Waals surface area (Å²) >= 11 is 0. The van der Waals surface area contributed by atoms with Gasteiger partial charge < -0.3 is 0 Å². The molecular formula is C24H47N2+. The molecule has 0 bridgehead atoms. The minimum absolute atomic E-state index is 1.19. The van der Waals surface area contributed by atoms with Crippen LogP contribution >= 0.6 is 0 Å². The molecule has 0 N–H and O–H groups in total. The Balaban J connectivity index is 1.74. The first-order valence-corrected chi connectivity index (χ1v) is 11.8. The van der Waals surface area contributed by atoms with Crippen molar-refractivity contribution in [2.45, 2.75) is 130 Å². The second-order valence-corrected chi connectivity index (χ2v) is 8.31. The van der Waals surface area contributed by atoms with Gasteiger partial charge in [0.25, 0.3) is 5.82 Å². The number of imidazole rings is 1. The molecule has 0 saturated carbocycles. The number of hydrogen-bond acceptors (Lipinski definition) is 0. The summed E-state index contributed by atoms with van der Waals surface area (Å²) in [5.74, 6) is 1.36. The Morgan fingerprint density at radius 2 is 1.04 bits per heavy atom. The first-order valence-electron chi connectivity index (χ1n) is 11.8. The number of rotatable bonds is 18. The Morgan fingerprint density at radius 1 is 0.654 bits per heavy atom. The molecule has 1 aromatic rings. The summed E-state index contributed by atoms with van der Waals surface area (Å²) in [5, 5.41) is 0.